The first kappa shape index (κ1) is 22.2. The van der Waals surface area contributed by atoms with Crippen molar-refractivity contribution in [2.24, 2.45) is 0 Å². The maximum Gasteiger partial charge on any atom is 0.327 e. The molecule has 0 fully saturated rings. The van der Waals surface area contributed by atoms with E-state index < -0.39 is 5.97 Å². The van der Waals surface area contributed by atoms with Crippen LogP contribution in [0.5, 0.6) is 0 Å². The van der Waals surface area contributed by atoms with Gasteiger partial charge in [0.2, 0.25) is 0 Å². The van der Waals surface area contributed by atoms with E-state index in [0.29, 0.717) is 0 Å². The monoisotopic (exact) mass is 326 g/mol. The highest BCUT2D eigenvalue weighted by atomic mass is 16.4. The molecule has 0 spiro atoms. The van der Waals surface area contributed by atoms with Gasteiger partial charge in [0, 0.05) is 6.08 Å². The molecule has 136 valence electrons. The SMILES string of the molecule is CCCCCCCCCC(O)CCCCCCCC=CC(=O)O. The predicted octanol–water partition coefficient (Wildman–Crippen LogP) is 5.86. The van der Waals surface area contributed by atoms with Gasteiger partial charge in [0.05, 0.1) is 6.10 Å². The minimum atomic E-state index is -0.861. The predicted molar refractivity (Wildman–Crippen MR) is 97.7 cm³/mol. The molecule has 0 aliphatic carbocycles. The third kappa shape index (κ3) is 19.1. The molecule has 0 bridgehead atoms. The van der Waals surface area contributed by atoms with Gasteiger partial charge in [0.15, 0.2) is 0 Å². The fourth-order valence-corrected chi connectivity index (χ4v) is 2.84. The zero-order chi connectivity index (χ0) is 17.2. The van der Waals surface area contributed by atoms with Gasteiger partial charge in [-0.25, -0.2) is 4.79 Å². The number of aliphatic hydroxyl groups excluding tert-OH is 1. The molecule has 3 heteroatoms. The van der Waals surface area contributed by atoms with E-state index in [1.165, 1.54) is 63.9 Å². The summed E-state index contributed by atoms with van der Waals surface area (Å²) < 4.78 is 0. The summed E-state index contributed by atoms with van der Waals surface area (Å²) in [5.41, 5.74) is 0. The number of aliphatic carboxylic acids is 1. The molecule has 0 radical (unpaired) electrons. The average molecular weight is 327 g/mol. The Labute approximate surface area is 143 Å². The van der Waals surface area contributed by atoms with E-state index in [-0.39, 0.29) is 6.10 Å². The average Bonchev–Trinajstić information content (AvgIpc) is 2.52. The van der Waals surface area contributed by atoms with Crippen LogP contribution in [0.1, 0.15) is 103 Å². The van der Waals surface area contributed by atoms with Crippen molar-refractivity contribution in [3.8, 4) is 0 Å². The second kappa shape index (κ2) is 17.5. The molecule has 2 N–H and O–H groups in total. The fraction of sp³-hybridized carbons (Fsp3) is 0.850. The summed E-state index contributed by atoms with van der Waals surface area (Å²) in [6, 6.07) is 0. The molecule has 1 unspecified atom stereocenters. The van der Waals surface area contributed by atoms with Crippen molar-refractivity contribution in [1.82, 2.24) is 0 Å². The Morgan fingerprint density at radius 2 is 1.30 bits per heavy atom. The van der Waals surface area contributed by atoms with Crippen LogP contribution in [0.15, 0.2) is 12.2 Å². The number of hydrogen-bond acceptors (Lipinski definition) is 2. The third-order valence-corrected chi connectivity index (χ3v) is 4.31. The summed E-state index contributed by atoms with van der Waals surface area (Å²) in [5.74, 6) is -0.861. The summed E-state index contributed by atoms with van der Waals surface area (Å²) in [4.78, 5) is 10.3. The Morgan fingerprint density at radius 3 is 1.83 bits per heavy atom. The smallest absolute Gasteiger partial charge is 0.327 e. The number of hydrogen-bond donors (Lipinski definition) is 2. The van der Waals surface area contributed by atoms with Crippen LogP contribution < -0.4 is 0 Å². The quantitative estimate of drug-likeness (QED) is 0.260. The van der Waals surface area contributed by atoms with Crippen molar-refractivity contribution in [2.45, 2.75) is 109 Å². The summed E-state index contributed by atoms with van der Waals surface area (Å²) in [5, 5.41) is 18.4. The van der Waals surface area contributed by atoms with Crippen molar-refractivity contribution in [3.05, 3.63) is 12.2 Å². The van der Waals surface area contributed by atoms with Crippen LogP contribution in [0.2, 0.25) is 0 Å². The Balaban J connectivity index is 3.21. The maximum atomic E-state index is 10.3. The molecule has 3 nitrogen and oxygen atoms in total. The number of carboxylic acids is 1. The van der Waals surface area contributed by atoms with Crippen molar-refractivity contribution in [3.63, 3.8) is 0 Å². The highest BCUT2D eigenvalue weighted by molar-refractivity contribution is 5.79. The van der Waals surface area contributed by atoms with Crippen LogP contribution in [0.3, 0.4) is 0 Å². The van der Waals surface area contributed by atoms with E-state index in [0.717, 1.165) is 38.5 Å². The third-order valence-electron chi connectivity index (χ3n) is 4.31. The van der Waals surface area contributed by atoms with Crippen LogP contribution >= 0.6 is 0 Å². The van der Waals surface area contributed by atoms with E-state index in [1.54, 1.807) is 6.08 Å². The van der Waals surface area contributed by atoms with E-state index in [1.807, 2.05) is 0 Å². The lowest BCUT2D eigenvalue weighted by Gasteiger charge is -2.10. The molecule has 23 heavy (non-hydrogen) atoms. The first-order chi connectivity index (χ1) is 11.2. The van der Waals surface area contributed by atoms with Crippen LogP contribution in [-0.2, 0) is 4.79 Å². The number of carbonyl (C=O) groups is 1. The van der Waals surface area contributed by atoms with Crippen molar-refractivity contribution in [2.75, 3.05) is 0 Å². The second-order valence-corrected chi connectivity index (χ2v) is 6.65. The molecule has 0 amide bonds. The standard InChI is InChI=1S/C20H38O3/c1-2-3-4-5-7-10-13-16-19(21)17-14-11-8-6-9-12-15-18-20(22)23/h15,18-19,21H,2-14,16-17H2,1H3,(H,22,23). The second-order valence-electron chi connectivity index (χ2n) is 6.65. The van der Waals surface area contributed by atoms with Gasteiger partial charge in [0.1, 0.15) is 0 Å². The number of carboxylic acid groups (broad SMARTS) is 1. The summed E-state index contributed by atoms with van der Waals surface area (Å²) in [6.07, 6.45) is 20.4. The van der Waals surface area contributed by atoms with Crippen LogP contribution in [-0.4, -0.2) is 22.3 Å². The van der Waals surface area contributed by atoms with Crippen molar-refractivity contribution < 1.29 is 15.0 Å². The van der Waals surface area contributed by atoms with Crippen molar-refractivity contribution in [1.29, 1.82) is 0 Å². The number of rotatable bonds is 17. The summed E-state index contributed by atoms with van der Waals surface area (Å²) >= 11 is 0. The molecule has 0 aliphatic rings. The lowest BCUT2D eigenvalue weighted by Crippen LogP contribution is -2.05. The van der Waals surface area contributed by atoms with Gasteiger partial charge in [-0.1, -0.05) is 83.6 Å². The molecular formula is C20H38O3. The van der Waals surface area contributed by atoms with Gasteiger partial charge >= 0.3 is 5.97 Å². The molecule has 0 aromatic rings. The van der Waals surface area contributed by atoms with Crippen molar-refractivity contribution >= 4 is 5.97 Å². The highest BCUT2D eigenvalue weighted by Gasteiger charge is 2.03. The number of unbranched alkanes of at least 4 members (excludes halogenated alkanes) is 11. The zero-order valence-electron chi connectivity index (χ0n) is 15.1. The molecule has 0 saturated carbocycles. The van der Waals surface area contributed by atoms with Crippen LogP contribution in [0.4, 0.5) is 0 Å². The van der Waals surface area contributed by atoms with E-state index >= 15 is 0 Å². The lowest BCUT2D eigenvalue weighted by molar-refractivity contribution is -0.131. The Bertz CT molecular complexity index is 287. The normalized spacial score (nSPS) is 12.8. The molecule has 0 rings (SSSR count). The van der Waals surface area contributed by atoms with Gasteiger partial charge in [-0.3, -0.25) is 0 Å². The summed E-state index contributed by atoms with van der Waals surface area (Å²) in [6.45, 7) is 2.24. The van der Waals surface area contributed by atoms with Gasteiger partial charge in [-0.2, -0.15) is 0 Å². The van der Waals surface area contributed by atoms with E-state index in [2.05, 4.69) is 6.92 Å². The Morgan fingerprint density at radius 1 is 0.826 bits per heavy atom. The van der Waals surface area contributed by atoms with E-state index in [4.69, 9.17) is 5.11 Å². The number of allylic oxidation sites excluding steroid dienone is 1. The maximum absolute atomic E-state index is 10.3. The molecule has 0 aromatic carbocycles. The zero-order valence-corrected chi connectivity index (χ0v) is 15.1. The minimum Gasteiger partial charge on any atom is -0.478 e. The van der Waals surface area contributed by atoms with Gasteiger partial charge < -0.3 is 10.2 Å². The Hall–Kier alpha value is -0.830. The molecule has 0 aromatic heterocycles. The first-order valence-corrected chi connectivity index (χ1v) is 9.74. The molecular weight excluding hydrogens is 288 g/mol. The topological polar surface area (TPSA) is 57.5 Å². The minimum absolute atomic E-state index is 0.107. The van der Waals surface area contributed by atoms with Gasteiger partial charge in [0.25, 0.3) is 0 Å². The lowest BCUT2D eigenvalue weighted by atomic mass is 10.0. The van der Waals surface area contributed by atoms with Gasteiger partial charge in [-0.15, -0.1) is 0 Å². The summed E-state index contributed by atoms with van der Waals surface area (Å²) in [7, 11) is 0. The first-order valence-electron chi connectivity index (χ1n) is 9.74. The molecule has 0 heterocycles. The van der Waals surface area contributed by atoms with E-state index in [9.17, 15) is 9.90 Å². The largest absolute Gasteiger partial charge is 0.478 e. The number of aliphatic hydroxyl groups is 1. The van der Waals surface area contributed by atoms with Crippen LogP contribution in [0, 0.1) is 0 Å². The molecule has 0 aliphatic heterocycles. The fourth-order valence-electron chi connectivity index (χ4n) is 2.84. The Kier molecular flexibility index (Phi) is 16.9. The van der Waals surface area contributed by atoms with Crippen LogP contribution in [0.25, 0.3) is 0 Å². The van der Waals surface area contributed by atoms with Gasteiger partial charge in [-0.05, 0) is 25.7 Å². The molecule has 0 saturated heterocycles. The molecule has 1 atom stereocenters. The highest BCUT2D eigenvalue weighted by Crippen LogP contribution is 2.14.